The highest BCUT2D eigenvalue weighted by molar-refractivity contribution is 7.91. The van der Waals surface area contributed by atoms with Gasteiger partial charge in [-0.2, -0.15) is 13.2 Å². The van der Waals surface area contributed by atoms with Crippen molar-refractivity contribution in [2.75, 3.05) is 5.75 Å². The topological polar surface area (TPSA) is 77.7 Å². The first kappa shape index (κ1) is 26.1. The van der Waals surface area contributed by atoms with Crippen molar-refractivity contribution >= 4 is 9.84 Å². The zero-order chi connectivity index (χ0) is 27.4. The fraction of sp³-hybridized carbons (Fsp3) is 0.320. The molecule has 0 amide bonds. The molecule has 0 radical (unpaired) electrons. The average Bonchev–Trinajstić information content (AvgIpc) is 3.66. The van der Waals surface area contributed by atoms with Crippen molar-refractivity contribution in [1.29, 1.82) is 0 Å². The van der Waals surface area contributed by atoms with Crippen molar-refractivity contribution in [3.63, 3.8) is 0 Å². The Morgan fingerprint density at radius 2 is 1.76 bits per heavy atom. The molecule has 0 spiro atoms. The minimum atomic E-state index is -4.91. The van der Waals surface area contributed by atoms with Gasteiger partial charge in [-0.15, -0.1) is 0 Å². The van der Waals surface area contributed by atoms with Crippen LogP contribution in [0, 0.1) is 5.82 Å². The third kappa shape index (κ3) is 4.86. The van der Waals surface area contributed by atoms with Crippen LogP contribution >= 0.6 is 0 Å². The Morgan fingerprint density at radius 3 is 2.34 bits per heavy atom. The maximum atomic E-state index is 15.6. The number of hydrogen-bond donors (Lipinski definition) is 0. The Bertz CT molecular complexity index is 1580. The van der Waals surface area contributed by atoms with Crippen molar-refractivity contribution < 1.29 is 34.8 Å². The first-order valence-corrected chi connectivity index (χ1v) is 13.3. The van der Waals surface area contributed by atoms with Crippen LogP contribution in [0.25, 0.3) is 33.9 Å². The van der Waals surface area contributed by atoms with Crippen LogP contribution < -0.4 is 0 Å². The molecule has 0 atom stereocenters. The number of rotatable bonds is 7. The quantitative estimate of drug-likeness (QED) is 0.254. The third-order valence-corrected chi connectivity index (χ3v) is 8.08. The summed E-state index contributed by atoms with van der Waals surface area (Å²) in [6.45, 7) is 0.147. The van der Waals surface area contributed by atoms with Crippen LogP contribution in [0.2, 0.25) is 0 Å². The van der Waals surface area contributed by atoms with Crippen molar-refractivity contribution in [3.8, 4) is 33.9 Å². The van der Waals surface area contributed by atoms with E-state index in [1.807, 2.05) is 6.07 Å². The Hall–Kier alpha value is -3.48. The van der Waals surface area contributed by atoms with E-state index in [1.165, 1.54) is 19.2 Å². The lowest BCUT2D eigenvalue weighted by Gasteiger charge is -2.16. The van der Waals surface area contributed by atoms with Gasteiger partial charge in [-0.05, 0) is 31.0 Å². The first-order chi connectivity index (χ1) is 17.9. The summed E-state index contributed by atoms with van der Waals surface area (Å²) >= 11 is 0. The molecule has 6 nitrogen and oxygen atoms in total. The van der Waals surface area contributed by atoms with Crippen molar-refractivity contribution in [2.24, 2.45) is 0 Å². The number of hydrogen-bond acceptors (Lipinski definition) is 5. The summed E-state index contributed by atoms with van der Waals surface area (Å²) in [4.78, 5) is 12.1. The molecule has 1 aliphatic carbocycles. The lowest BCUT2D eigenvalue weighted by Crippen LogP contribution is -2.15. The fourth-order valence-electron chi connectivity index (χ4n) is 4.21. The zero-order valence-electron chi connectivity index (χ0n) is 19.8. The molecule has 0 N–H and O–H groups in total. The Labute approximate surface area is 213 Å². The molecule has 13 heteroatoms. The second-order valence-electron chi connectivity index (χ2n) is 9.00. The molecule has 5 rings (SSSR count). The lowest BCUT2D eigenvalue weighted by molar-refractivity contribution is -0.138. The van der Waals surface area contributed by atoms with Crippen LogP contribution in [0.5, 0.6) is 0 Å². The molecule has 0 bridgehead atoms. The lowest BCUT2D eigenvalue weighted by atomic mass is 10.1. The van der Waals surface area contributed by atoms with E-state index in [2.05, 4.69) is 15.0 Å². The molecule has 0 unspecified atom stereocenters. The van der Waals surface area contributed by atoms with Crippen LogP contribution in [0.3, 0.4) is 0 Å². The highest BCUT2D eigenvalue weighted by Crippen LogP contribution is 2.41. The number of pyridine rings is 3. The van der Waals surface area contributed by atoms with Crippen molar-refractivity contribution in [2.45, 2.75) is 49.7 Å². The van der Waals surface area contributed by atoms with Gasteiger partial charge in [0.25, 0.3) is 6.43 Å². The van der Waals surface area contributed by atoms with E-state index < -0.39 is 63.1 Å². The van der Waals surface area contributed by atoms with E-state index in [9.17, 15) is 30.4 Å². The normalized spacial score (nSPS) is 14.5. The Kier molecular flexibility index (Phi) is 6.44. The van der Waals surface area contributed by atoms with E-state index in [0.717, 1.165) is 18.5 Å². The highest BCUT2D eigenvalue weighted by Gasteiger charge is 2.36. The summed E-state index contributed by atoms with van der Waals surface area (Å²) in [6, 6.07) is 5.41. The first-order valence-electron chi connectivity index (χ1n) is 11.6. The summed E-state index contributed by atoms with van der Waals surface area (Å²) < 4.78 is 108. The summed E-state index contributed by atoms with van der Waals surface area (Å²) in [5, 5.41) is 0. The number of nitrogens with zero attached hydrogens (tertiary/aromatic N) is 4. The van der Waals surface area contributed by atoms with Gasteiger partial charge in [0.05, 0.1) is 28.5 Å². The van der Waals surface area contributed by atoms with Gasteiger partial charge in [-0.3, -0.25) is 9.97 Å². The van der Waals surface area contributed by atoms with Gasteiger partial charge in [-0.1, -0.05) is 13.0 Å². The Balaban J connectivity index is 1.69. The number of aromatic nitrogens is 4. The van der Waals surface area contributed by atoms with Gasteiger partial charge < -0.3 is 4.57 Å². The van der Waals surface area contributed by atoms with Crippen LogP contribution in [-0.4, -0.2) is 40.1 Å². The predicted octanol–water partition coefficient (Wildman–Crippen LogP) is 6.21. The summed E-state index contributed by atoms with van der Waals surface area (Å²) in [6.07, 6.45) is -2.66. The SMILES string of the molecule is CCS(=O)(=O)c1cc(-c2ccc(C3CC3)nc2)cnc1-c1nc2cc(C(F)(F)F)cn(CC(F)F)c-2c1F. The van der Waals surface area contributed by atoms with Gasteiger partial charge >= 0.3 is 6.18 Å². The minimum Gasteiger partial charge on any atom is -0.337 e. The number of sulfone groups is 1. The molecule has 1 fully saturated rings. The number of halogens is 6. The third-order valence-electron chi connectivity index (χ3n) is 6.33. The second-order valence-corrected chi connectivity index (χ2v) is 11.2. The molecule has 3 aliphatic rings. The van der Waals surface area contributed by atoms with E-state index in [-0.39, 0.29) is 10.6 Å². The molecular formula is C25H20F6N4O2S. The van der Waals surface area contributed by atoms with Crippen LogP contribution in [0.1, 0.15) is 36.9 Å². The molecule has 0 aromatic carbocycles. The number of alkyl halides is 5. The molecule has 2 aromatic rings. The molecule has 1 saturated carbocycles. The molecule has 200 valence electrons. The maximum Gasteiger partial charge on any atom is 0.417 e. The largest absolute Gasteiger partial charge is 0.417 e. The minimum absolute atomic E-state index is 0.374. The average molecular weight is 555 g/mol. The maximum absolute atomic E-state index is 15.6. The van der Waals surface area contributed by atoms with E-state index >= 15 is 4.39 Å². The summed E-state index contributed by atoms with van der Waals surface area (Å²) in [5.74, 6) is -1.22. The van der Waals surface area contributed by atoms with Crippen LogP contribution in [0.15, 0.2) is 47.8 Å². The van der Waals surface area contributed by atoms with E-state index in [1.54, 1.807) is 12.3 Å². The van der Waals surface area contributed by atoms with Gasteiger partial charge in [0, 0.05) is 41.3 Å². The molecule has 0 saturated heterocycles. The van der Waals surface area contributed by atoms with Gasteiger partial charge in [0.2, 0.25) is 0 Å². The molecular weight excluding hydrogens is 534 g/mol. The molecule has 2 aliphatic heterocycles. The fourth-order valence-corrected chi connectivity index (χ4v) is 5.27. The highest BCUT2D eigenvalue weighted by atomic mass is 32.2. The van der Waals surface area contributed by atoms with Gasteiger partial charge in [-0.25, -0.2) is 26.6 Å². The second kappa shape index (κ2) is 9.37. The van der Waals surface area contributed by atoms with E-state index in [0.29, 0.717) is 33.9 Å². The van der Waals surface area contributed by atoms with Crippen LogP contribution in [0.4, 0.5) is 26.3 Å². The summed E-state index contributed by atoms with van der Waals surface area (Å²) in [7, 11) is -4.03. The summed E-state index contributed by atoms with van der Waals surface area (Å²) in [5.41, 5.74) is -1.69. The van der Waals surface area contributed by atoms with E-state index in [4.69, 9.17) is 0 Å². The van der Waals surface area contributed by atoms with Gasteiger partial charge in [0.15, 0.2) is 15.7 Å². The van der Waals surface area contributed by atoms with Crippen molar-refractivity contribution in [1.82, 2.24) is 19.5 Å². The molecule has 2 aromatic heterocycles. The molecule has 4 heterocycles. The van der Waals surface area contributed by atoms with Gasteiger partial charge in [0.1, 0.15) is 17.1 Å². The number of fused-ring (bicyclic) bond motifs is 1. The monoisotopic (exact) mass is 554 g/mol. The smallest absolute Gasteiger partial charge is 0.337 e. The Morgan fingerprint density at radius 1 is 1.05 bits per heavy atom. The van der Waals surface area contributed by atoms with Crippen LogP contribution in [-0.2, 0) is 22.6 Å². The molecule has 38 heavy (non-hydrogen) atoms. The standard InChI is InChI=1S/C25H20F6N4O2S/c1-2-38(36,37)19-7-15(14-5-6-17(32-9-14)13-3-4-13)10-33-22(19)23-21(28)24-18(34-23)8-16(25(29,30)31)11-35(24)12-20(26)27/h5-11,13,20H,2-4,12H2,1H3. The van der Waals surface area contributed by atoms with Crippen molar-refractivity contribution in [3.05, 3.63) is 59.9 Å². The zero-order valence-corrected chi connectivity index (χ0v) is 20.6. The predicted molar refractivity (Wildman–Crippen MR) is 126 cm³/mol.